The zero-order chi connectivity index (χ0) is 22.8. The van der Waals surface area contributed by atoms with Gasteiger partial charge in [-0.05, 0) is 31.7 Å². The quantitative estimate of drug-likeness (QED) is 0.240. The highest BCUT2D eigenvalue weighted by Gasteiger charge is 2.29. The van der Waals surface area contributed by atoms with Crippen molar-refractivity contribution in [1.29, 1.82) is 0 Å². The molecule has 1 amide bonds. The number of halogens is 1. The standard InChI is InChI=1S/C25H37N5O2.HI/c1-4-21(5-2)23-15-22(32-29-23)17-28-25(26-6-3)27-16-20-14-24(31)30(18-20)13-12-19-10-8-7-9-11-19;/h7-11,15,20-21H,4-6,12-14,16-18H2,1-3H3,(H2,26,27,28);1H. The zero-order valence-electron chi connectivity index (χ0n) is 20.0. The molecular weight excluding hydrogens is 529 g/mol. The van der Waals surface area contributed by atoms with E-state index in [1.165, 1.54) is 5.56 Å². The van der Waals surface area contributed by atoms with Crippen molar-refractivity contribution in [3.05, 3.63) is 53.4 Å². The molecule has 33 heavy (non-hydrogen) atoms. The van der Waals surface area contributed by atoms with E-state index < -0.39 is 0 Å². The minimum absolute atomic E-state index is 0. The first-order chi connectivity index (χ1) is 15.6. The van der Waals surface area contributed by atoms with E-state index in [2.05, 4.69) is 46.8 Å². The van der Waals surface area contributed by atoms with Gasteiger partial charge in [0.2, 0.25) is 5.91 Å². The minimum Gasteiger partial charge on any atom is -0.359 e. The maximum atomic E-state index is 12.4. The summed E-state index contributed by atoms with van der Waals surface area (Å²) < 4.78 is 5.48. The van der Waals surface area contributed by atoms with Gasteiger partial charge < -0.3 is 20.1 Å². The molecule has 1 aromatic carbocycles. The maximum Gasteiger partial charge on any atom is 0.223 e. The van der Waals surface area contributed by atoms with Crippen LogP contribution in [0.25, 0.3) is 0 Å². The van der Waals surface area contributed by atoms with E-state index in [1.54, 1.807) is 0 Å². The second-order valence-electron chi connectivity index (χ2n) is 8.45. The molecule has 8 heteroatoms. The number of rotatable bonds is 11. The third-order valence-corrected chi connectivity index (χ3v) is 6.08. The number of aliphatic imine (C=N–C) groups is 1. The van der Waals surface area contributed by atoms with Crippen molar-refractivity contribution in [2.75, 3.05) is 26.2 Å². The summed E-state index contributed by atoms with van der Waals surface area (Å²) in [5.74, 6) is 2.47. The molecule has 2 aromatic rings. The summed E-state index contributed by atoms with van der Waals surface area (Å²) in [4.78, 5) is 19.1. The SMILES string of the molecule is CCNC(=NCc1cc(C(CC)CC)no1)NCC1CC(=O)N(CCc2ccccc2)C1.I. The number of amides is 1. The van der Waals surface area contributed by atoms with Crippen LogP contribution in [-0.2, 0) is 17.8 Å². The Hall–Kier alpha value is -2.10. The first-order valence-electron chi connectivity index (χ1n) is 11.9. The van der Waals surface area contributed by atoms with Gasteiger partial charge in [0.25, 0.3) is 0 Å². The van der Waals surface area contributed by atoms with Crippen LogP contribution in [0.15, 0.2) is 45.9 Å². The molecule has 1 aliphatic heterocycles. The van der Waals surface area contributed by atoms with Gasteiger partial charge in [-0.15, -0.1) is 24.0 Å². The van der Waals surface area contributed by atoms with Crippen LogP contribution in [0.3, 0.4) is 0 Å². The highest BCUT2D eigenvalue weighted by molar-refractivity contribution is 14.0. The molecule has 0 spiro atoms. The van der Waals surface area contributed by atoms with E-state index in [-0.39, 0.29) is 35.8 Å². The van der Waals surface area contributed by atoms with Crippen molar-refractivity contribution >= 4 is 35.8 Å². The Labute approximate surface area is 214 Å². The van der Waals surface area contributed by atoms with Crippen molar-refractivity contribution in [3.8, 4) is 0 Å². The van der Waals surface area contributed by atoms with Crippen molar-refractivity contribution in [2.24, 2.45) is 10.9 Å². The zero-order valence-corrected chi connectivity index (χ0v) is 22.4. The number of hydrogen-bond donors (Lipinski definition) is 2. The van der Waals surface area contributed by atoms with Gasteiger partial charge in [0.1, 0.15) is 6.54 Å². The van der Waals surface area contributed by atoms with E-state index in [0.29, 0.717) is 18.9 Å². The van der Waals surface area contributed by atoms with Crippen molar-refractivity contribution < 1.29 is 9.32 Å². The fourth-order valence-corrected chi connectivity index (χ4v) is 4.16. The molecule has 1 atom stereocenters. The minimum atomic E-state index is 0. The summed E-state index contributed by atoms with van der Waals surface area (Å²) in [6, 6.07) is 12.3. The normalized spacial score (nSPS) is 16.2. The van der Waals surface area contributed by atoms with Crippen LogP contribution >= 0.6 is 24.0 Å². The first-order valence-corrected chi connectivity index (χ1v) is 11.9. The Morgan fingerprint density at radius 2 is 1.97 bits per heavy atom. The summed E-state index contributed by atoms with van der Waals surface area (Å²) in [5.41, 5.74) is 2.28. The number of hydrogen-bond acceptors (Lipinski definition) is 4. The highest BCUT2D eigenvalue weighted by atomic mass is 127. The number of carbonyl (C=O) groups excluding carboxylic acids is 1. The number of guanidine groups is 1. The van der Waals surface area contributed by atoms with Crippen molar-refractivity contribution in [2.45, 2.75) is 58.9 Å². The number of nitrogens with zero attached hydrogens (tertiary/aromatic N) is 3. The van der Waals surface area contributed by atoms with Crippen LogP contribution in [-0.4, -0.2) is 48.1 Å². The fraction of sp³-hybridized carbons (Fsp3) is 0.560. The molecule has 182 valence electrons. The molecule has 1 saturated heterocycles. The average molecular weight is 568 g/mol. The van der Waals surface area contributed by atoms with Gasteiger partial charge >= 0.3 is 0 Å². The summed E-state index contributed by atoms with van der Waals surface area (Å²) in [6.45, 7) is 9.88. The van der Waals surface area contributed by atoms with E-state index in [9.17, 15) is 4.79 Å². The van der Waals surface area contributed by atoms with E-state index in [4.69, 9.17) is 4.52 Å². The molecule has 0 aliphatic carbocycles. The van der Waals surface area contributed by atoms with Gasteiger partial charge in [0, 0.05) is 50.5 Å². The number of nitrogens with one attached hydrogen (secondary N) is 2. The van der Waals surface area contributed by atoms with E-state index >= 15 is 0 Å². The monoisotopic (exact) mass is 567 g/mol. The lowest BCUT2D eigenvalue weighted by Crippen LogP contribution is -2.40. The average Bonchev–Trinajstić information content (AvgIpc) is 3.42. The Morgan fingerprint density at radius 1 is 1.21 bits per heavy atom. The number of carbonyl (C=O) groups is 1. The fourth-order valence-electron chi connectivity index (χ4n) is 4.16. The predicted molar refractivity (Wildman–Crippen MR) is 143 cm³/mol. The van der Waals surface area contributed by atoms with Gasteiger partial charge in [-0.1, -0.05) is 49.3 Å². The number of aromatic nitrogens is 1. The Balaban J connectivity index is 0.00000385. The third kappa shape index (κ3) is 8.32. The van der Waals surface area contributed by atoms with Gasteiger partial charge in [-0.3, -0.25) is 4.79 Å². The Morgan fingerprint density at radius 3 is 2.67 bits per heavy atom. The van der Waals surface area contributed by atoms with Gasteiger partial charge in [0.15, 0.2) is 11.7 Å². The van der Waals surface area contributed by atoms with Crippen LogP contribution < -0.4 is 10.6 Å². The van der Waals surface area contributed by atoms with Crippen LogP contribution in [0.1, 0.15) is 63.0 Å². The third-order valence-electron chi connectivity index (χ3n) is 6.08. The lowest BCUT2D eigenvalue weighted by Gasteiger charge is -2.17. The van der Waals surface area contributed by atoms with Crippen molar-refractivity contribution in [3.63, 3.8) is 0 Å². The highest BCUT2D eigenvalue weighted by Crippen LogP contribution is 2.22. The lowest BCUT2D eigenvalue weighted by molar-refractivity contribution is -0.127. The summed E-state index contributed by atoms with van der Waals surface area (Å²) in [7, 11) is 0. The smallest absolute Gasteiger partial charge is 0.223 e. The topological polar surface area (TPSA) is 82.8 Å². The van der Waals surface area contributed by atoms with Gasteiger partial charge in [0.05, 0.1) is 5.69 Å². The summed E-state index contributed by atoms with van der Waals surface area (Å²) in [5, 5.41) is 10.9. The molecule has 1 unspecified atom stereocenters. The summed E-state index contributed by atoms with van der Waals surface area (Å²) in [6.07, 6.45) is 3.59. The molecule has 0 saturated carbocycles. The van der Waals surface area contributed by atoms with E-state index in [0.717, 1.165) is 62.9 Å². The molecule has 3 rings (SSSR count). The molecule has 0 radical (unpaired) electrons. The van der Waals surface area contributed by atoms with Crippen LogP contribution in [0, 0.1) is 5.92 Å². The molecule has 1 fully saturated rings. The number of likely N-dealkylation sites (tertiary alicyclic amines) is 1. The summed E-state index contributed by atoms with van der Waals surface area (Å²) >= 11 is 0. The molecule has 0 bridgehead atoms. The first kappa shape index (κ1) is 27.1. The second-order valence-corrected chi connectivity index (χ2v) is 8.45. The Kier molecular flexibility index (Phi) is 11.7. The van der Waals surface area contributed by atoms with Crippen LogP contribution in [0.2, 0.25) is 0 Å². The molecular formula is C25H38IN5O2. The van der Waals surface area contributed by atoms with E-state index in [1.807, 2.05) is 36.1 Å². The predicted octanol–water partition coefficient (Wildman–Crippen LogP) is 4.34. The Bertz CT molecular complexity index is 867. The molecule has 1 aliphatic rings. The van der Waals surface area contributed by atoms with Crippen molar-refractivity contribution in [1.82, 2.24) is 20.7 Å². The van der Waals surface area contributed by atoms with Crippen LogP contribution in [0.5, 0.6) is 0 Å². The van der Waals surface area contributed by atoms with Gasteiger partial charge in [-0.2, -0.15) is 0 Å². The molecule has 2 heterocycles. The molecule has 1 aromatic heterocycles. The maximum absolute atomic E-state index is 12.4. The molecule has 7 nitrogen and oxygen atoms in total. The molecule has 2 N–H and O–H groups in total. The lowest BCUT2D eigenvalue weighted by atomic mass is 9.99. The number of benzene rings is 1. The van der Waals surface area contributed by atoms with Crippen LogP contribution in [0.4, 0.5) is 0 Å². The largest absolute Gasteiger partial charge is 0.359 e. The van der Waals surface area contributed by atoms with Gasteiger partial charge in [-0.25, -0.2) is 4.99 Å². The second kappa shape index (κ2) is 14.2.